The summed E-state index contributed by atoms with van der Waals surface area (Å²) in [5.74, 6) is -0.582. The molecule has 2 amide bonds. The van der Waals surface area contributed by atoms with Gasteiger partial charge in [-0.2, -0.15) is 13.2 Å². The first-order chi connectivity index (χ1) is 10.7. The minimum atomic E-state index is -4.63. The summed E-state index contributed by atoms with van der Waals surface area (Å²) in [6, 6.07) is 5.19. The van der Waals surface area contributed by atoms with Gasteiger partial charge in [-0.3, -0.25) is 14.9 Å². The van der Waals surface area contributed by atoms with Crippen LogP contribution in [0.15, 0.2) is 24.3 Å². The summed E-state index contributed by atoms with van der Waals surface area (Å²) in [5.41, 5.74) is -0.0273. The Kier molecular flexibility index (Phi) is 6.30. The molecule has 0 spiro atoms. The van der Waals surface area contributed by atoms with Crippen LogP contribution in [-0.4, -0.2) is 36.3 Å². The Hall–Kier alpha value is -2.85. The number of halogens is 3. The summed E-state index contributed by atoms with van der Waals surface area (Å²) in [6.45, 7) is -1.98. The van der Waals surface area contributed by atoms with E-state index in [9.17, 15) is 32.9 Å². The van der Waals surface area contributed by atoms with Gasteiger partial charge in [0, 0.05) is 30.8 Å². The molecule has 2 N–H and O–H groups in total. The number of alkyl carbamates (subject to hydrolysis) is 1. The minimum Gasteiger partial charge on any atom is -0.440 e. The van der Waals surface area contributed by atoms with E-state index in [1.54, 1.807) is 0 Å². The van der Waals surface area contributed by atoms with Crippen molar-refractivity contribution in [3.8, 4) is 0 Å². The Bertz CT molecular complexity index is 592. The monoisotopic (exact) mass is 335 g/mol. The van der Waals surface area contributed by atoms with E-state index < -0.39 is 29.7 Å². The number of nitrogens with zero attached hydrogens (tertiary/aromatic N) is 1. The molecule has 0 heterocycles. The van der Waals surface area contributed by atoms with Gasteiger partial charge in [0.05, 0.1) is 4.92 Å². The van der Waals surface area contributed by atoms with Gasteiger partial charge in [-0.25, -0.2) is 4.79 Å². The molecule has 0 saturated carbocycles. The van der Waals surface area contributed by atoms with E-state index in [4.69, 9.17) is 0 Å². The Morgan fingerprint density at radius 2 is 2.00 bits per heavy atom. The minimum absolute atomic E-state index is 0.184. The number of rotatable bonds is 6. The third-order valence-corrected chi connectivity index (χ3v) is 2.33. The van der Waals surface area contributed by atoms with Crippen molar-refractivity contribution in [3.63, 3.8) is 0 Å². The van der Waals surface area contributed by atoms with Crippen molar-refractivity contribution in [1.29, 1.82) is 0 Å². The molecule has 11 heteroatoms. The first-order valence-electron chi connectivity index (χ1n) is 6.19. The van der Waals surface area contributed by atoms with E-state index >= 15 is 0 Å². The molecule has 1 aromatic rings. The van der Waals surface area contributed by atoms with E-state index in [1.807, 2.05) is 5.32 Å². The number of ether oxygens (including phenoxy) is 1. The van der Waals surface area contributed by atoms with Crippen LogP contribution < -0.4 is 10.6 Å². The first kappa shape index (κ1) is 18.2. The Balaban J connectivity index is 2.33. The maximum atomic E-state index is 11.8. The van der Waals surface area contributed by atoms with Gasteiger partial charge in [0.2, 0.25) is 5.91 Å². The molecule has 0 radical (unpaired) electrons. The Morgan fingerprint density at radius 3 is 2.61 bits per heavy atom. The number of nitro groups is 1. The molecular formula is C12H12F3N3O5. The molecule has 126 valence electrons. The molecular weight excluding hydrogens is 323 g/mol. The number of non-ortho nitro benzene ring substituents is 1. The summed E-state index contributed by atoms with van der Waals surface area (Å²) in [7, 11) is 0. The van der Waals surface area contributed by atoms with Gasteiger partial charge < -0.3 is 15.4 Å². The van der Waals surface area contributed by atoms with Crippen LogP contribution in [0.5, 0.6) is 0 Å². The molecule has 23 heavy (non-hydrogen) atoms. The van der Waals surface area contributed by atoms with Crippen LogP contribution in [0.2, 0.25) is 0 Å². The normalized spacial score (nSPS) is 10.7. The molecule has 0 aromatic heterocycles. The Morgan fingerprint density at radius 1 is 1.30 bits per heavy atom. The summed E-state index contributed by atoms with van der Waals surface area (Å²) in [5, 5.41) is 14.9. The van der Waals surface area contributed by atoms with Crippen LogP contribution in [0, 0.1) is 10.1 Å². The van der Waals surface area contributed by atoms with Crippen molar-refractivity contribution in [2.45, 2.75) is 12.6 Å². The number of nitro benzene ring substituents is 1. The molecule has 1 rings (SSSR count). The number of hydrogen-bond donors (Lipinski definition) is 2. The van der Waals surface area contributed by atoms with Gasteiger partial charge in [-0.15, -0.1) is 0 Å². The highest BCUT2D eigenvalue weighted by Gasteiger charge is 2.29. The van der Waals surface area contributed by atoms with Crippen LogP contribution in [0.25, 0.3) is 0 Å². The maximum absolute atomic E-state index is 11.8. The van der Waals surface area contributed by atoms with Crippen LogP contribution in [-0.2, 0) is 9.53 Å². The Labute approximate surface area is 127 Å². The second-order valence-corrected chi connectivity index (χ2v) is 4.22. The van der Waals surface area contributed by atoms with Crippen molar-refractivity contribution >= 4 is 23.4 Å². The zero-order valence-electron chi connectivity index (χ0n) is 11.6. The van der Waals surface area contributed by atoms with Gasteiger partial charge in [0.15, 0.2) is 6.61 Å². The van der Waals surface area contributed by atoms with Crippen molar-refractivity contribution in [3.05, 3.63) is 34.4 Å². The van der Waals surface area contributed by atoms with Crippen molar-refractivity contribution in [2.24, 2.45) is 0 Å². The molecule has 0 bridgehead atoms. The average Bonchev–Trinajstić information content (AvgIpc) is 2.44. The van der Waals surface area contributed by atoms with Crippen LogP contribution in [0.3, 0.4) is 0 Å². The van der Waals surface area contributed by atoms with E-state index in [0.717, 1.165) is 6.07 Å². The fourth-order valence-corrected chi connectivity index (χ4v) is 1.40. The molecule has 1 aromatic carbocycles. The summed E-state index contributed by atoms with van der Waals surface area (Å²) >= 11 is 0. The number of alkyl halides is 3. The number of carbonyl (C=O) groups is 2. The van der Waals surface area contributed by atoms with Crippen LogP contribution in [0.4, 0.5) is 29.3 Å². The number of anilines is 1. The SMILES string of the molecule is O=C(CCNC(=O)OCC(F)(F)F)Nc1cccc([N+](=O)[O-])c1. The first-order valence-corrected chi connectivity index (χ1v) is 6.19. The van der Waals surface area contributed by atoms with Gasteiger partial charge in [0.25, 0.3) is 5.69 Å². The topological polar surface area (TPSA) is 111 Å². The third-order valence-electron chi connectivity index (χ3n) is 2.33. The fourth-order valence-electron chi connectivity index (χ4n) is 1.40. The molecule has 0 aliphatic rings. The summed E-state index contributed by atoms with van der Waals surface area (Å²) in [6.07, 6.45) is -6.17. The lowest BCUT2D eigenvalue weighted by Gasteiger charge is -2.09. The molecule has 0 fully saturated rings. The van der Waals surface area contributed by atoms with E-state index in [2.05, 4.69) is 10.1 Å². The second kappa shape index (κ2) is 7.96. The highest BCUT2D eigenvalue weighted by atomic mass is 19.4. The predicted octanol–water partition coefficient (Wildman–Crippen LogP) is 2.21. The lowest BCUT2D eigenvalue weighted by Crippen LogP contribution is -2.31. The summed E-state index contributed by atoms with van der Waals surface area (Å²) < 4.78 is 39.2. The highest BCUT2D eigenvalue weighted by molar-refractivity contribution is 5.91. The molecule has 0 aliphatic heterocycles. The third kappa shape index (κ3) is 7.64. The zero-order valence-corrected chi connectivity index (χ0v) is 11.6. The number of amides is 2. The quantitative estimate of drug-likeness (QED) is 0.612. The molecule has 0 atom stereocenters. The zero-order chi connectivity index (χ0) is 17.5. The smallest absolute Gasteiger partial charge is 0.422 e. The average molecular weight is 335 g/mol. The van der Waals surface area contributed by atoms with Crippen molar-refractivity contribution in [1.82, 2.24) is 5.32 Å². The predicted molar refractivity (Wildman–Crippen MR) is 71.7 cm³/mol. The van der Waals surface area contributed by atoms with Crippen molar-refractivity contribution in [2.75, 3.05) is 18.5 Å². The lowest BCUT2D eigenvalue weighted by atomic mass is 10.2. The van der Waals surface area contributed by atoms with Gasteiger partial charge >= 0.3 is 12.3 Å². The highest BCUT2D eigenvalue weighted by Crippen LogP contribution is 2.17. The maximum Gasteiger partial charge on any atom is 0.422 e. The number of hydrogen-bond acceptors (Lipinski definition) is 5. The molecule has 0 unspecified atom stereocenters. The van der Waals surface area contributed by atoms with Gasteiger partial charge in [-0.1, -0.05) is 6.07 Å². The van der Waals surface area contributed by atoms with E-state index in [0.29, 0.717) is 0 Å². The molecule has 0 aliphatic carbocycles. The summed E-state index contributed by atoms with van der Waals surface area (Å²) in [4.78, 5) is 32.4. The van der Waals surface area contributed by atoms with E-state index in [1.165, 1.54) is 18.2 Å². The largest absolute Gasteiger partial charge is 0.440 e. The van der Waals surface area contributed by atoms with Gasteiger partial charge in [0.1, 0.15) is 0 Å². The second-order valence-electron chi connectivity index (χ2n) is 4.22. The van der Waals surface area contributed by atoms with Gasteiger partial charge in [-0.05, 0) is 6.07 Å². The lowest BCUT2D eigenvalue weighted by molar-refractivity contribution is -0.384. The fraction of sp³-hybridized carbons (Fsp3) is 0.333. The number of benzene rings is 1. The molecule has 0 saturated heterocycles. The van der Waals surface area contributed by atoms with Crippen molar-refractivity contribution < 1.29 is 32.4 Å². The van der Waals surface area contributed by atoms with E-state index in [-0.39, 0.29) is 24.3 Å². The van der Waals surface area contributed by atoms with Crippen LogP contribution in [0.1, 0.15) is 6.42 Å². The number of carbonyl (C=O) groups excluding carboxylic acids is 2. The molecule has 8 nitrogen and oxygen atoms in total. The van der Waals surface area contributed by atoms with Crippen LogP contribution >= 0.6 is 0 Å². The standard InChI is InChI=1S/C12H12F3N3O5/c13-12(14,15)7-23-11(20)16-5-4-10(19)17-8-2-1-3-9(6-8)18(21)22/h1-3,6H,4-5,7H2,(H,16,20)(H,17,19). The number of nitrogens with one attached hydrogen (secondary N) is 2.